The largest absolute Gasteiger partial charge is 0.473 e. The summed E-state index contributed by atoms with van der Waals surface area (Å²) >= 11 is 0. The Morgan fingerprint density at radius 3 is 2.64 bits per heavy atom. The van der Waals surface area contributed by atoms with Crippen LogP contribution in [0, 0.1) is 6.92 Å². The third-order valence-corrected chi connectivity index (χ3v) is 4.38. The summed E-state index contributed by atoms with van der Waals surface area (Å²) in [7, 11) is 1.56. The van der Waals surface area contributed by atoms with E-state index in [4.69, 9.17) is 4.74 Å². The maximum atomic E-state index is 12.3. The molecule has 0 saturated heterocycles. The molecule has 0 aliphatic carbocycles. The Morgan fingerprint density at radius 2 is 1.89 bits per heavy atom. The predicted octanol–water partition coefficient (Wildman–Crippen LogP) is 2.31. The summed E-state index contributed by atoms with van der Waals surface area (Å²) in [6.07, 6.45) is 3.48. The van der Waals surface area contributed by atoms with Crippen LogP contribution in [-0.2, 0) is 13.7 Å². The van der Waals surface area contributed by atoms with Crippen LogP contribution in [0.15, 0.2) is 65.7 Å². The van der Waals surface area contributed by atoms with Gasteiger partial charge >= 0.3 is 5.69 Å². The minimum absolute atomic E-state index is 0.245. The number of nitrogens with zero attached hydrogens (tertiary/aromatic N) is 6. The maximum absolute atomic E-state index is 12.3. The Bertz CT molecular complexity index is 1170. The zero-order chi connectivity index (χ0) is 19.5. The first kappa shape index (κ1) is 17.6. The standard InChI is InChI=1S/C20H18N6O2/c1-14-6-3-9-18(26-20(27)25(2)23-24-26)16(14)13-28-19-10-4-8-17(22-19)15-7-5-11-21-12-15/h3-12H,13H2,1-2H3. The summed E-state index contributed by atoms with van der Waals surface area (Å²) in [6, 6.07) is 15.0. The van der Waals surface area contributed by atoms with Crippen molar-refractivity contribution in [2.24, 2.45) is 7.05 Å². The smallest absolute Gasteiger partial charge is 0.368 e. The van der Waals surface area contributed by atoms with Gasteiger partial charge in [-0.1, -0.05) is 18.2 Å². The highest BCUT2D eigenvalue weighted by Crippen LogP contribution is 2.22. The molecule has 28 heavy (non-hydrogen) atoms. The fourth-order valence-corrected chi connectivity index (χ4v) is 2.85. The first-order valence-corrected chi connectivity index (χ1v) is 8.71. The van der Waals surface area contributed by atoms with Crippen molar-refractivity contribution >= 4 is 0 Å². The minimum Gasteiger partial charge on any atom is -0.473 e. The summed E-state index contributed by atoms with van der Waals surface area (Å²) < 4.78 is 8.40. The monoisotopic (exact) mass is 374 g/mol. The van der Waals surface area contributed by atoms with Crippen LogP contribution in [0.1, 0.15) is 11.1 Å². The first-order valence-electron chi connectivity index (χ1n) is 8.71. The fourth-order valence-electron chi connectivity index (χ4n) is 2.85. The third kappa shape index (κ3) is 3.39. The third-order valence-electron chi connectivity index (χ3n) is 4.38. The van der Waals surface area contributed by atoms with Crippen LogP contribution >= 0.6 is 0 Å². The van der Waals surface area contributed by atoms with Crippen molar-refractivity contribution in [2.45, 2.75) is 13.5 Å². The molecular formula is C20H18N6O2. The van der Waals surface area contributed by atoms with Gasteiger partial charge in [0.1, 0.15) is 6.61 Å². The molecular weight excluding hydrogens is 356 g/mol. The highest BCUT2D eigenvalue weighted by molar-refractivity contribution is 5.58. The molecule has 0 aliphatic rings. The fraction of sp³-hybridized carbons (Fsp3) is 0.150. The Morgan fingerprint density at radius 1 is 1.04 bits per heavy atom. The lowest BCUT2D eigenvalue weighted by atomic mass is 10.1. The van der Waals surface area contributed by atoms with E-state index in [0.717, 1.165) is 22.4 Å². The molecule has 0 fully saturated rings. The molecule has 0 radical (unpaired) electrons. The second-order valence-electron chi connectivity index (χ2n) is 6.26. The molecule has 4 aromatic rings. The van der Waals surface area contributed by atoms with Crippen LogP contribution in [0.3, 0.4) is 0 Å². The summed E-state index contributed by atoms with van der Waals surface area (Å²) in [4.78, 5) is 20.9. The van der Waals surface area contributed by atoms with Gasteiger partial charge in [0.15, 0.2) is 0 Å². The van der Waals surface area contributed by atoms with Gasteiger partial charge in [0.05, 0.1) is 11.4 Å². The predicted molar refractivity (Wildman–Crippen MR) is 103 cm³/mol. The SMILES string of the molecule is Cc1cccc(-n2nnn(C)c2=O)c1COc1cccc(-c2cccnc2)n1. The van der Waals surface area contributed by atoms with Crippen molar-refractivity contribution in [3.63, 3.8) is 0 Å². The number of aryl methyl sites for hydroxylation is 2. The molecule has 8 heteroatoms. The van der Waals surface area contributed by atoms with Crippen molar-refractivity contribution in [2.75, 3.05) is 0 Å². The lowest BCUT2D eigenvalue weighted by Gasteiger charge is -2.13. The second kappa shape index (κ2) is 7.43. The summed E-state index contributed by atoms with van der Waals surface area (Å²) in [6.45, 7) is 2.21. The molecule has 0 amide bonds. The van der Waals surface area contributed by atoms with Gasteiger partial charge in [-0.2, -0.15) is 9.36 Å². The number of benzene rings is 1. The van der Waals surface area contributed by atoms with Crippen LogP contribution in [0.4, 0.5) is 0 Å². The highest BCUT2D eigenvalue weighted by Gasteiger charge is 2.14. The number of hydrogen-bond donors (Lipinski definition) is 0. The maximum Gasteiger partial charge on any atom is 0.368 e. The molecule has 8 nitrogen and oxygen atoms in total. The normalized spacial score (nSPS) is 10.8. The number of ether oxygens (including phenoxy) is 1. The second-order valence-corrected chi connectivity index (χ2v) is 6.26. The van der Waals surface area contributed by atoms with Gasteiger partial charge in [0, 0.05) is 36.6 Å². The van der Waals surface area contributed by atoms with Gasteiger partial charge in [-0.05, 0) is 47.2 Å². The van der Waals surface area contributed by atoms with Crippen molar-refractivity contribution in [3.05, 3.63) is 82.5 Å². The molecule has 140 valence electrons. The molecule has 0 atom stereocenters. The van der Waals surface area contributed by atoms with Crippen molar-refractivity contribution in [1.82, 2.24) is 29.8 Å². The van der Waals surface area contributed by atoms with E-state index in [-0.39, 0.29) is 12.3 Å². The van der Waals surface area contributed by atoms with E-state index < -0.39 is 0 Å². The number of tetrazole rings is 1. The quantitative estimate of drug-likeness (QED) is 0.533. The van der Waals surface area contributed by atoms with Crippen molar-refractivity contribution in [1.29, 1.82) is 0 Å². The summed E-state index contributed by atoms with van der Waals surface area (Å²) in [5.74, 6) is 0.488. The van der Waals surface area contributed by atoms with Gasteiger partial charge in [-0.3, -0.25) is 4.98 Å². The highest BCUT2D eigenvalue weighted by atomic mass is 16.5. The van der Waals surface area contributed by atoms with E-state index in [1.54, 1.807) is 25.5 Å². The molecule has 0 aliphatic heterocycles. The van der Waals surface area contributed by atoms with E-state index >= 15 is 0 Å². The van der Waals surface area contributed by atoms with Gasteiger partial charge < -0.3 is 4.74 Å². The van der Waals surface area contributed by atoms with Crippen molar-refractivity contribution < 1.29 is 4.74 Å². The van der Waals surface area contributed by atoms with Crippen LogP contribution in [0.2, 0.25) is 0 Å². The Balaban J connectivity index is 1.63. The van der Waals surface area contributed by atoms with Gasteiger partial charge in [0.25, 0.3) is 0 Å². The van der Waals surface area contributed by atoms with Crippen LogP contribution in [0.5, 0.6) is 5.88 Å². The molecule has 0 N–H and O–H groups in total. The molecule has 0 saturated carbocycles. The number of hydrogen-bond acceptors (Lipinski definition) is 6. The average molecular weight is 374 g/mol. The van der Waals surface area contributed by atoms with Crippen molar-refractivity contribution in [3.8, 4) is 22.8 Å². The van der Waals surface area contributed by atoms with E-state index in [0.29, 0.717) is 11.6 Å². The lowest BCUT2D eigenvalue weighted by molar-refractivity contribution is 0.293. The van der Waals surface area contributed by atoms with Crippen LogP contribution in [-0.4, -0.2) is 29.8 Å². The van der Waals surface area contributed by atoms with E-state index in [1.165, 1.54) is 9.36 Å². The Labute approximate surface area is 161 Å². The average Bonchev–Trinajstić information content (AvgIpc) is 3.06. The zero-order valence-corrected chi connectivity index (χ0v) is 15.5. The summed E-state index contributed by atoms with van der Waals surface area (Å²) in [5, 5.41) is 7.72. The Kier molecular flexibility index (Phi) is 4.67. The van der Waals surface area contributed by atoms with E-state index in [9.17, 15) is 4.79 Å². The van der Waals surface area contributed by atoms with Crippen LogP contribution in [0.25, 0.3) is 16.9 Å². The van der Waals surface area contributed by atoms with Crippen LogP contribution < -0.4 is 10.4 Å². The molecule has 4 rings (SSSR count). The van der Waals surface area contributed by atoms with Gasteiger partial charge in [0.2, 0.25) is 5.88 Å². The molecule has 3 heterocycles. The molecule has 0 unspecified atom stereocenters. The number of aromatic nitrogens is 6. The topological polar surface area (TPSA) is 87.7 Å². The molecule has 0 spiro atoms. The molecule has 1 aromatic carbocycles. The van der Waals surface area contributed by atoms with Gasteiger partial charge in [-0.15, -0.1) is 0 Å². The van der Waals surface area contributed by atoms with E-state index in [1.807, 2.05) is 49.4 Å². The van der Waals surface area contributed by atoms with Gasteiger partial charge in [-0.25, -0.2) is 9.78 Å². The zero-order valence-electron chi connectivity index (χ0n) is 15.5. The van der Waals surface area contributed by atoms with E-state index in [2.05, 4.69) is 20.4 Å². The Hall–Kier alpha value is -3.81. The number of pyridine rings is 2. The summed E-state index contributed by atoms with van der Waals surface area (Å²) in [5.41, 5.74) is 3.85. The molecule has 3 aromatic heterocycles. The molecule has 0 bridgehead atoms. The minimum atomic E-state index is -0.316. The lowest BCUT2D eigenvalue weighted by Crippen LogP contribution is -2.23. The first-order chi connectivity index (χ1) is 13.6. The number of rotatable bonds is 5.